The molecule has 0 spiro atoms. The Morgan fingerprint density at radius 1 is 1.28 bits per heavy atom. The summed E-state index contributed by atoms with van der Waals surface area (Å²) in [6, 6.07) is 7.31. The van der Waals surface area contributed by atoms with Crippen LogP contribution in [0.5, 0.6) is 0 Å². The Hall–Kier alpha value is -1.52. The Morgan fingerprint density at radius 2 is 2.00 bits per heavy atom. The van der Waals surface area contributed by atoms with Crippen molar-refractivity contribution in [2.24, 2.45) is 11.3 Å². The first-order valence-corrected chi connectivity index (χ1v) is 13.2. The maximum absolute atomic E-state index is 12.8. The lowest BCUT2D eigenvalue weighted by molar-refractivity contribution is 0.0526. The van der Waals surface area contributed by atoms with Crippen LogP contribution < -0.4 is 10.6 Å². The third-order valence-corrected chi connectivity index (χ3v) is 8.65. The van der Waals surface area contributed by atoms with Gasteiger partial charge in [-0.2, -0.15) is 0 Å². The zero-order chi connectivity index (χ0) is 23.5. The quantitative estimate of drug-likeness (QED) is 0.241. The SMILES string of the molecule is CCOC(=O)c1c(NC(=S)NC(=O)c2ccccc2I)sc2c1CC[C@@H](C(C)(C)CC)C2. The molecule has 0 fully saturated rings. The molecule has 32 heavy (non-hydrogen) atoms. The molecule has 1 heterocycles. The van der Waals surface area contributed by atoms with E-state index < -0.39 is 0 Å². The molecular formula is C24H29IN2O3S2. The van der Waals surface area contributed by atoms with Crippen molar-refractivity contribution >= 4 is 68.1 Å². The maximum Gasteiger partial charge on any atom is 0.341 e. The fourth-order valence-corrected chi connectivity index (χ4v) is 6.21. The van der Waals surface area contributed by atoms with Crippen molar-refractivity contribution in [2.75, 3.05) is 11.9 Å². The van der Waals surface area contributed by atoms with Crippen molar-refractivity contribution in [2.45, 2.75) is 53.4 Å². The number of carbonyl (C=O) groups excluding carboxylic acids is 2. The van der Waals surface area contributed by atoms with Gasteiger partial charge in [-0.05, 0) is 90.0 Å². The number of ether oxygens (including phenoxy) is 1. The summed E-state index contributed by atoms with van der Waals surface area (Å²) in [6.45, 7) is 8.97. The lowest BCUT2D eigenvalue weighted by atomic mass is 9.69. The molecule has 0 saturated heterocycles. The first-order valence-electron chi connectivity index (χ1n) is 10.9. The monoisotopic (exact) mass is 584 g/mol. The highest BCUT2D eigenvalue weighted by molar-refractivity contribution is 14.1. The van der Waals surface area contributed by atoms with E-state index in [9.17, 15) is 9.59 Å². The third kappa shape index (κ3) is 5.51. The van der Waals surface area contributed by atoms with Crippen molar-refractivity contribution < 1.29 is 14.3 Å². The highest BCUT2D eigenvalue weighted by atomic mass is 127. The molecule has 0 bridgehead atoms. The minimum Gasteiger partial charge on any atom is -0.462 e. The number of nitrogens with one attached hydrogen (secondary N) is 2. The van der Waals surface area contributed by atoms with E-state index >= 15 is 0 Å². The summed E-state index contributed by atoms with van der Waals surface area (Å²) in [5.74, 6) is -0.0583. The molecule has 0 saturated carbocycles. The summed E-state index contributed by atoms with van der Waals surface area (Å²) in [4.78, 5) is 26.7. The number of benzene rings is 1. The predicted molar refractivity (Wildman–Crippen MR) is 143 cm³/mol. The van der Waals surface area contributed by atoms with Crippen LogP contribution in [0.1, 0.15) is 71.7 Å². The minimum absolute atomic E-state index is 0.171. The lowest BCUT2D eigenvalue weighted by Crippen LogP contribution is -2.34. The number of rotatable bonds is 6. The van der Waals surface area contributed by atoms with E-state index in [1.165, 1.54) is 4.88 Å². The van der Waals surface area contributed by atoms with Crippen molar-refractivity contribution in [1.82, 2.24) is 5.32 Å². The van der Waals surface area contributed by atoms with E-state index in [-0.39, 0.29) is 22.4 Å². The molecule has 1 amide bonds. The second kappa shape index (κ2) is 10.6. The zero-order valence-electron chi connectivity index (χ0n) is 18.8. The van der Waals surface area contributed by atoms with Crippen LogP contribution in [-0.2, 0) is 17.6 Å². The Kier molecular flexibility index (Phi) is 8.32. The van der Waals surface area contributed by atoms with Crippen LogP contribution in [-0.4, -0.2) is 23.6 Å². The molecule has 1 aliphatic carbocycles. The predicted octanol–water partition coefficient (Wildman–Crippen LogP) is 6.20. The number of halogens is 1. The first kappa shape index (κ1) is 25.1. The number of carbonyl (C=O) groups is 2. The molecule has 172 valence electrons. The van der Waals surface area contributed by atoms with Gasteiger partial charge in [0.15, 0.2) is 5.11 Å². The smallest absolute Gasteiger partial charge is 0.341 e. The molecule has 8 heteroatoms. The molecule has 2 aromatic rings. The fourth-order valence-electron chi connectivity index (χ4n) is 4.00. The largest absolute Gasteiger partial charge is 0.462 e. The molecule has 0 radical (unpaired) electrons. The molecule has 2 N–H and O–H groups in total. The fraction of sp³-hybridized carbons (Fsp3) is 0.458. The molecular weight excluding hydrogens is 555 g/mol. The summed E-state index contributed by atoms with van der Waals surface area (Å²) in [5, 5.41) is 6.67. The molecule has 0 unspecified atom stereocenters. The van der Waals surface area contributed by atoms with Gasteiger partial charge in [0.25, 0.3) is 5.91 Å². The van der Waals surface area contributed by atoms with Crippen LogP contribution in [0.4, 0.5) is 5.00 Å². The summed E-state index contributed by atoms with van der Waals surface area (Å²) < 4.78 is 6.19. The van der Waals surface area contributed by atoms with Crippen LogP contribution in [0.2, 0.25) is 0 Å². The van der Waals surface area contributed by atoms with Gasteiger partial charge in [-0.1, -0.05) is 39.3 Å². The van der Waals surface area contributed by atoms with Crippen LogP contribution in [0, 0.1) is 14.9 Å². The number of anilines is 1. The van der Waals surface area contributed by atoms with Crippen molar-refractivity contribution in [3.63, 3.8) is 0 Å². The number of thiophene rings is 1. The van der Waals surface area contributed by atoms with Gasteiger partial charge in [0.2, 0.25) is 0 Å². The average molecular weight is 585 g/mol. The summed E-state index contributed by atoms with van der Waals surface area (Å²) >= 11 is 9.09. The Morgan fingerprint density at radius 3 is 2.66 bits per heavy atom. The van der Waals surface area contributed by atoms with Gasteiger partial charge >= 0.3 is 5.97 Å². The zero-order valence-corrected chi connectivity index (χ0v) is 22.6. The maximum atomic E-state index is 12.8. The summed E-state index contributed by atoms with van der Waals surface area (Å²) in [6.07, 6.45) is 3.94. The highest BCUT2D eigenvalue weighted by Gasteiger charge is 2.35. The van der Waals surface area contributed by atoms with Crippen molar-refractivity contribution in [1.29, 1.82) is 0 Å². The molecule has 5 nitrogen and oxygen atoms in total. The molecule has 0 aliphatic heterocycles. The van der Waals surface area contributed by atoms with E-state index in [1.54, 1.807) is 24.3 Å². The Labute approximate surface area is 212 Å². The minimum atomic E-state index is -0.340. The van der Waals surface area contributed by atoms with Gasteiger partial charge in [-0.3, -0.25) is 10.1 Å². The number of esters is 1. The average Bonchev–Trinajstić information content (AvgIpc) is 3.10. The van der Waals surface area contributed by atoms with E-state index in [0.29, 0.717) is 28.7 Å². The highest BCUT2D eigenvalue weighted by Crippen LogP contribution is 2.45. The van der Waals surface area contributed by atoms with Gasteiger partial charge in [-0.25, -0.2) is 4.79 Å². The first-order chi connectivity index (χ1) is 15.2. The topological polar surface area (TPSA) is 67.4 Å². The van der Waals surface area contributed by atoms with Crippen LogP contribution in [0.25, 0.3) is 0 Å². The number of hydrogen-bond donors (Lipinski definition) is 2. The van der Waals surface area contributed by atoms with E-state index in [2.05, 4.69) is 54.0 Å². The van der Waals surface area contributed by atoms with Gasteiger partial charge in [0.1, 0.15) is 5.00 Å². The molecule has 1 aromatic heterocycles. The normalized spacial score (nSPS) is 15.6. The number of hydrogen-bond acceptors (Lipinski definition) is 5. The summed E-state index contributed by atoms with van der Waals surface area (Å²) in [5.41, 5.74) is 2.42. The molecule has 1 aliphatic rings. The van der Waals surface area contributed by atoms with Crippen molar-refractivity contribution in [3.8, 4) is 0 Å². The van der Waals surface area contributed by atoms with E-state index in [0.717, 1.165) is 34.8 Å². The van der Waals surface area contributed by atoms with Crippen LogP contribution in [0.15, 0.2) is 24.3 Å². The molecule has 1 aromatic carbocycles. The van der Waals surface area contributed by atoms with Crippen LogP contribution in [0.3, 0.4) is 0 Å². The van der Waals surface area contributed by atoms with Gasteiger partial charge in [0, 0.05) is 8.45 Å². The molecule has 1 atom stereocenters. The standard InChI is InChI=1S/C24H29IN2O3S2/c1-5-24(3,4)14-11-12-16-18(13-14)32-21(19(16)22(29)30-6-2)27-23(31)26-20(28)15-9-7-8-10-17(15)25/h7-10,14H,5-6,11-13H2,1-4H3,(H2,26,27,28,31)/t14-/m1/s1. The third-order valence-electron chi connectivity index (χ3n) is 6.33. The van der Waals surface area contributed by atoms with Gasteiger partial charge < -0.3 is 10.1 Å². The number of thiocarbonyl (C=S) groups is 1. The van der Waals surface area contributed by atoms with E-state index in [4.69, 9.17) is 17.0 Å². The Bertz CT molecular complexity index is 1030. The lowest BCUT2D eigenvalue weighted by Gasteiger charge is -2.36. The van der Waals surface area contributed by atoms with E-state index in [1.807, 2.05) is 18.2 Å². The molecule has 3 rings (SSSR count). The number of fused-ring (bicyclic) bond motifs is 1. The second-order valence-corrected chi connectivity index (χ2v) is 11.3. The Balaban J connectivity index is 1.84. The summed E-state index contributed by atoms with van der Waals surface area (Å²) in [7, 11) is 0. The van der Waals surface area contributed by atoms with Crippen molar-refractivity contribution in [3.05, 3.63) is 49.4 Å². The van der Waals surface area contributed by atoms with Gasteiger partial charge in [-0.15, -0.1) is 11.3 Å². The second-order valence-electron chi connectivity index (χ2n) is 8.60. The number of amides is 1. The van der Waals surface area contributed by atoms with Crippen LogP contribution >= 0.6 is 46.1 Å². The van der Waals surface area contributed by atoms with Gasteiger partial charge in [0.05, 0.1) is 17.7 Å².